The number of hydrogen-bond donors (Lipinski definition) is 2. The van der Waals surface area contributed by atoms with Crippen LogP contribution < -0.4 is 10.6 Å². The summed E-state index contributed by atoms with van der Waals surface area (Å²) >= 11 is 0. The van der Waals surface area contributed by atoms with Gasteiger partial charge in [0.05, 0.1) is 4.92 Å². The minimum absolute atomic E-state index is 0. The zero-order valence-electron chi connectivity index (χ0n) is 10.2. The van der Waals surface area contributed by atoms with E-state index in [4.69, 9.17) is 0 Å². The molecule has 2 N–H and O–H groups in total. The van der Waals surface area contributed by atoms with Crippen molar-refractivity contribution >= 4 is 24.0 Å². The van der Waals surface area contributed by atoms with Crippen molar-refractivity contribution in [3.05, 3.63) is 22.5 Å². The van der Waals surface area contributed by atoms with Crippen molar-refractivity contribution in [2.24, 2.45) is 0 Å². The predicted molar refractivity (Wildman–Crippen MR) is 70.2 cm³/mol. The second-order valence-corrected chi connectivity index (χ2v) is 4.25. The van der Waals surface area contributed by atoms with Crippen LogP contribution in [0.15, 0.2) is 12.4 Å². The highest BCUT2D eigenvalue weighted by Gasteiger charge is 2.15. The first kappa shape index (κ1) is 15.4. The first-order valence-corrected chi connectivity index (χ1v) is 5.82. The first-order chi connectivity index (χ1) is 8.65. The van der Waals surface area contributed by atoms with E-state index < -0.39 is 4.92 Å². The van der Waals surface area contributed by atoms with Gasteiger partial charge in [-0.1, -0.05) is 0 Å². The van der Waals surface area contributed by atoms with Gasteiger partial charge in [-0.3, -0.25) is 19.6 Å². The molecule has 0 radical (unpaired) electrons. The number of halogens is 1. The van der Waals surface area contributed by atoms with Crippen molar-refractivity contribution in [1.82, 2.24) is 20.4 Å². The minimum atomic E-state index is -0.538. The number of nitrogens with zero attached hydrogens (tertiary/aromatic N) is 3. The van der Waals surface area contributed by atoms with Crippen molar-refractivity contribution in [1.29, 1.82) is 0 Å². The molecule has 1 aromatic rings. The molecule has 1 saturated heterocycles. The Labute approximate surface area is 116 Å². The van der Waals surface area contributed by atoms with Crippen molar-refractivity contribution in [2.45, 2.75) is 25.4 Å². The van der Waals surface area contributed by atoms with Gasteiger partial charge in [-0.05, 0) is 19.4 Å². The number of amides is 1. The van der Waals surface area contributed by atoms with Crippen LogP contribution in [0, 0.1) is 10.1 Å². The smallest absolute Gasteiger partial charge is 0.307 e. The Morgan fingerprint density at radius 1 is 1.68 bits per heavy atom. The molecule has 1 aromatic heterocycles. The van der Waals surface area contributed by atoms with E-state index in [2.05, 4.69) is 15.7 Å². The number of nitrogens with one attached hydrogen (secondary N) is 2. The van der Waals surface area contributed by atoms with Crippen molar-refractivity contribution < 1.29 is 9.72 Å². The third kappa shape index (κ3) is 4.49. The van der Waals surface area contributed by atoms with E-state index in [-0.39, 0.29) is 30.5 Å². The molecule has 0 aromatic carbocycles. The molecule has 8 nitrogen and oxygen atoms in total. The van der Waals surface area contributed by atoms with Gasteiger partial charge in [0.25, 0.3) is 0 Å². The topological polar surface area (TPSA) is 102 Å². The predicted octanol–water partition coefficient (Wildman–Crippen LogP) is 0.0813. The number of hydrogen-bond acceptors (Lipinski definition) is 5. The van der Waals surface area contributed by atoms with E-state index in [1.165, 1.54) is 10.9 Å². The van der Waals surface area contributed by atoms with Crippen LogP contribution in [0.4, 0.5) is 5.69 Å². The van der Waals surface area contributed by atoms with Gasteiger partial charge in [0.15, 0.2) is 0 Å². The SMILES string of the molecule is Cl.O=C(Cn1cc([N+](=O)[O-])cn1)NCC1CCCN1. The van der Waals surface area contributed by atoms with Crippen molar-refractivity contribution in [3.8, 4) is 0 Å². The normalized spacial score (nSPS) is 17.8. The maximum atomic E-state index is 11.6. The van der Waals surface area contributed by atoms with Gasteiger partial charge in [0.2, 0.25) is 5.91 Å². The Balaban J connectivity index is 0.00000180. The molecule has 0 spiro atoms. The summed E-state index contributed by atoms with van der Waals surface area (Å²) < 4.78 is 1.26. The molecule has 1 atom stereocenters. The Bertz CT molecular complexity index is 444. The van der Waals surface area contributed by atoms with E-state index >= 15 is 0 Å². The average Bonchev–Trinajstić information content (AvgIpc) is 2.96. The van der Waals surface area contributed by atoms with Crippen LogP contribution in [0.1, 0.15) is 12.8 Å². The standard InChI is InChI=1S/C10H15N5O3.ClH/c16-10(12-4-8-2-1-3-11-8)7-14-6-9(5-13-14)15(17)18;/h5-6,8,11H,1-4,7H2,(H,12,16);1H. The molecule has 1 unspecified atom stereocenters. The molecular weight excluding hydrogens is 274 g/mol. The van der Waals surface area contributed by atoms with E-state index in [1.807, 2.05) is 0 Å². The highest BCUT2D eigenvalue weighted by Crippen LogP contribution is 2.07. The lowest BCUT2D eigenvalue weighted by molar-refractivity contribution is -0.385. The fourth-order valence-electron chi connectivity index (χ4n) is 1.90. The lowest BCUT2D eigenvalue weighted by Gasteiger charge is -2.11. The molecule has 19 heavy (non-hydrogen) atoms. The van der Waals surface area contributed by atoms with Crippen molar-refractivity contribution in [2.75, 3.05) is 13.1 Å². The summed E-state index contributed by atoms with van der Waals surface area (Å²) in [4.78, 5) is 21.5. The zero-order chi connectivity index (χ0) is 13.0. The molecule has 0 saturated carbocycles. The van der Waals surface area contributed by atoms with E-state index in [0.717, 1.165) is 25.6 Å². The third-order valence-corrected chi connectivity index (χ3v) is 2.84. The van der Waals surface area contributed by atoms with Crippen molar-refractivity contribution in [3.63, 3.8) is 0 Å². The van der Waals surface area contributed by atoms with Crippen LogP contribution >= 0.6 is 12.4 Å². The summed E-state index contributed by atoms with van der Waals surface area (Å²) in [5.74, 6) is -0.193. The van der Waals surface area contributed by atoms with E-state index in [1.54, 1.807) is 0 Å². The summed E-state index contributed by atoms with van der Waals surface area (Å²) in [7, 11) is 0. The number of rotatable bonds is 5. The van der Waals surface area contributed by atoms with Crippen LogP contribution in [0.25, 0.3) is 0 Å². The van der Waals surface area contributed by atoms with Gasteiger partial charge in [-0.25, -0.2) is 0 Å². The summed E-state index contributed by atoms with van der Waals surface area (Å²) in [5, 5.41) is 20.2. The summed E-state index contributed by atoms with van der Waals surface area (Å²) in [6.07, 6.45) is 4.57. The lowest BCUT2D eigenvalue weighted by atomic mass is 10.2. The van der Waals surface area contributed by atoms with Gasteiger partial charge in [0, 0.05) is 12.6 Å². The first-order valence-electron chi connectivity index (χ1n) is 5.82. The van der Waals surface area contributed by atoms with Gasteiger partial charge >= 0.3 is 5.69 Å². The Morgan fingerprint density at radius 2 is 2.47 bits per heavy atom. The molecule has 1 aliphatic heterocycles. The number of carbonyl (C=O) groups is 1. The highest BCUT2D eigenvalue weighted by atomic mass is 35.5. The third-order valence-electron chi connectivity index (χ3n) is 2.84. The molecule has 2 rings (SSSR count). The largest absolute Gasteiger partial charge is 0.353 e. The van der Waals surface area contributed by atoms with Crippen LogP contribution in [-0.4, -0.2) is 39.7 Å². The molecule has 1 amide bonds. The average molecular weight is 290 g/mol. The Morgan fingerprint density at radius 3 is 3.05 bits per heavy atom. The fraction of sp³-hybridized carbons (Fsp3) is 0.600. The summed E-state index contributed by atoms with van der Waals surface area (Å²) in [6, 6.07) is 0.334. The molecule has 2 heterocycles. The maximum absolute atomic E-state index is 11.6. The summed E-state index contributed by atoms with van der Waals surface area (Å²) in [5.41, 5.74) is -0.111. The quantitative estimate of drug-likeness (QED) is 0.590. The van der Waals surface area contributed by atoms with Gasteiger partial charge < -0.3 is 10.6 Å². The molecule has 9 heteroatoms. The van der Waals surface area contributed by atoms with Crippen LogP contribution in [0.2, 0.25) is 0 Å². The molecule has 0 aliphatic carbocycles. The monoisotopic (exact) mass is 289 g/mol. The van der Waals surface area contributed by atoms with Gasteiger partial charge in [0.1, 0.15) is 18.9 Å². The molecule has 1 fully saturated rings. The van der Waals surface area contributed by atoms with Crippen LogP contribution in [0.3, 0.4) is 0 Å². The maximum Gasteiger partial charge on any atom is 0.307 e. The summed E-state index contributed by atoms with van der Waals surface area (Å²) in [6.45, 7) is 1.58. The minimum Gasteiger partial charge on any atom is -0.353 e. The highest BCUT2D eigenvalue weighted by molar-refractivity contribution is 5.85. The van der Waals surface area contributed by atoms with E-state index in [0.29, 0.717) is 12.6 Å². The lowest BCUT2D eigenvalue weighted by Crippen LogP contribution is -2.38. The fourth-order valence-corrected chi connectivity index (χ4v) is 1.90. The van der Waals surface area contributed by atoms with Gasteiger partial charge in [-0.15, -0.1) is 12.4 Å². The number of nitro groups is 1. The Hall–Kier alpha value is -1.67. The van der Waals surface area contributed by atoms with Crippen LogP contribution in [0.5, 0.6) is 0 Å². The molecule has 0 bridgehead atoms. The van der Waals surface area contributed by atoms with Crippen LogP contribution in [-0.2, 0) is 11.3 Å². The van der Waals surface area contributed by atoms with Gasteiger partial charge in [-0.2, -0.15) is 5.10 Å². The number of carbonyl (C=O) groups excluding carboxylic acids is 1. The number of aromatic nitrogens is 2. The second kappa shape index (κ2) is 7.05. The molecule has 106 valence electrons. The second-order valence-electron chi connectivity index (χ2n) is 4.25. The molecule has 1 aliphatic rings. The van der Waals surface area contributed by atoms with E-state index in [9.17, 15) is 14.9 Å². The Kier molecular flexibility index (Phi) is 5.71. The zero-order valence-corrected chi connectivity index (χ0v) is 11.1. The molecular formula is C10H16ClN5O3.